The van der Waals surface area contributed by atoms with Crippen molar-refractivity contribution in [2.75, 3.05) is 12.4 Å². The van der Waals surface area contributed by atoms with Crippen LogP contribution in [0.5, 0.6) is 5.75 Å². The number of carbonyl (C=O) groups is 1. The van der Waals surface area contributed by atoms with E-state index < -0.39 is 0 Å². The molecule has 0 aliphatic carbocycles. The van der Waals surface area contributed by atoms with E-state index in [1.807, 2.05) is 54.6 Å². The summed E-state index contributed by atoms with van der Waals surface area (Å²) in [5.74, 6) is 1.42. The Bertz CT molecular complexity index is 814. The van der Waals surface area contributed by atoms with Crippen LogP contribution in [-0.4, -0.2) is 13.0 Å². The Morgan fingerprint density at radius 3 is 2.75 bits per heavy atom. The van der Waals surface area contributed by atoms with Crippen molar-refractivity contribution in [3.8, 4) is 5.75 Å². The number of anilines is 1. The summed E-state index contributed by atoms with van der Waals surface area (Å²) >= 11 is 1.66. The summed E-state index contributed by atoms with van der Waals surface area (Å²) in [7, 11) is 1.59. The molecule has 0 bridgehead atoms. The molecule has 2 aromatic carbocycles. The van der Waals surface area contributed by atoms with Crippen LogP contribution in [0.25, 0.3) is 0 Å². The Kier molecular flexibility index (Phi) is 5.23. The van der Waals surface area contributed by atoms with Crippen LogP contribution in [0, 0.1) is 0 Å². The predicted molar refractivity (Wildman–Crippen MR) is 95.7 cm³/mol. The molecule has 3 aromatic rings. The molecule has 1 heterocycles. The first kappa shape index (κ1) is 16.2. The van der Waals surface area contributed by atoms with Crippen LogP contribution in [0.15, 0.2) is 76.2 Å². The predicted octanol–water partition coefficient (Wildman–Crippen LogP) is 4.83. The number of nitrogens with one attached hydrogen (secondary N) is 1. The van der Waals surface area contributed by atoms with Crippen LogP contribution >= 0.6 is 11.8 Å². The van der Waals surface area contributed by atoms with Gasteiger partial charge in [-0.3, -0.25) is 4.79 Å². The number of benzene rings is 2. The van der Waals surface area contributed by atoms with Crippen molar-refractivity contribution < 1.29 is 13.9 Å². The molecule has 1 N–H and O–H groups in total. The molecule has 0 spiro atoms. The fraction of sp³-hybridized carbons (Fsp3) is 0.105. The van der Waals surface area contributed by atoms with Crippen LogP contribution in [0.1, 0.15) is 16.1 Å². The zero-order valence-electron chi connectivity index (χ0n) is 13.2. The molecule has 4 nitrogen and oxygen atoms in total. The summed E-state index contributed by atoms with van der Waals surface area (Å²) in [6.07, 6.45) is 1.54. The number of rotatable bonds is 6. The van der Waals surface area contributed by atoms with Gasteiger partial charge in [0.25, 0.3) is 5.91 Å². The maximum atomic E-state index is 12.5. The molecule has 24 heavy (non-hydrogen) atoms. The van der Waals surface area contributed by atoms with Gasteiger partial charge in [0.2, 0.25) is 0 Å². The zero-order valence-corrected chi connectivity index (χ0v) is 14.0. The van der Waals surface area contributed by atoms with Crippen molar-refractivity contribution in [1.82, 2.24) is 0 Å². The third kappa shape index (κ3) is 4.00. The number of ether oxygens (including phenoxy) is 1. The van der Waals surface area contributed by atoms with E-state index >= 15 is 0 Å². The Labute approximate surface area is 144 Å². The lowest BCUT2D eigenvalue weighted by molar-refractivity contribution is 0.0996. The van der Waals surface area contributed by atoms with E-state index in [1.165, 1.54) is 0 Å². The van der Waals surface area contributed by atoms with Crippen molar-refractivity contribution in [2.24, 2.45) is 0 Å². The molecule has 5 heteroatoms. The molecular weight excluding hydrogens is 322 g/mol. The van der Waals surface area contributed by atoms with Crippen LogP contribution in [-0.2, 0) is 5.75 Å². The Balaban J connectivity index is 1.68. The van der Waals surface area contributed by atoms with E-state index in [0.29, 0.717) is 22.9 Å². The van der Waals surface area contributed by atoms with E-state index in [1.54, 1.807) is 31.2 Å². The lowest BCUT2D eigenvalue weighted by atomic mass is 10.2. The molecule has 1 amide bonds. The van der Waals surface area contributed by atoms with Crippen LogP contribution in [0.4, 0.5) is 5.69 Å². The smallest absolute Gasteiger partial charge is 0.291 e. The van der Waals surface area contributed by atoms with Gasteiger partial charge in [0, 0.05) is 28.0 Å². The maximum absolute atomic E-state index is 12.5. The molecule has 0 unspecified atom stereocenters. The second kappa shape index (κ2) is 7.75. The molecule has 0 aliphatic rings. The number of amides is 1. The van der Waals surface area contributed by atoms with Gasteiger partial charge in [-0.15, -0.1) is 11.8 Å². The van der Waals surface area contributed by atoms with Gasteiger partial charge in [0.1, 0.15) is 5.75 Å². The maximum Gasteiger partial charge on any atom is 0.291 e. The van der Waals surface area contributed by atoms with Gasteiger partial charge in [-0.05, 0) is 30.3 Å². The van der Waals surface area contributed by atoms with Gasteiger partial charge in [-0.25, -0.2) is 0 Å². The zero-order chi connectivity index (χ0) is 16.8. The SMILES string of the molecule is COc1cccc(NC(=O)c2occc2CSc2ccccc2)c1. The van der Waals surface area contributed by atoms with Gasteiger partial charge < -0.3 is 14.5 Å². The number of thioether (sulfide) groups is 1. The quantitative estimate of drug-likeness (QED) is 0.653. The summed E-state index contributed by atoms with van der Waals surface area (Å²) in [5.41, 5.74) is 1.53. The van der Waals surface area contributed by atoms with Crippen molar-refractivity contribution >= 4 is 23.4 Å². The summed E-state index contributed by atoms with van der Waals surface area (Å²) in [6.45, 7) is 0. The highest BCUT2D eigenvalue weighted by Gasteiger charge is 2.16. The van der Waals surface area contributed by atoms with Gasteiger partial charge in [-0.2, -0.15) is 0 Å². The van der Waals surface area contributed by atoms with Crippen molar-refractivity contribution in [3.05, 3.63) is 78.3 Å². The Hall–Kier alpha value is -2.66. The minimum absolute atomic E-state index is 0.267. The fourth-order valence-corrected chi connectivity index (χ4v) is 3.11. The standard InChI is InChI=1S/C19H17NO3S/c1-22-16-7-5-6-15(12-16)20-19(21)18-14(10-11-23-18)13-24-17-8-3-2-4-9-17/h2-12H,13H2,1H3,(H,20,21). The van der Waals surface area contributed by atoms with Crippen molar-refractivity contribution in [3.63, 3.8) is 0 Å². The molecule has 0 saturated heterocycles. The lowest BCUT2D eigenvalue weighted by Gasteiger charge is -2.07. The Morgan fingerprint density at radius 2 is 1.96 bits per heavy atom. The molecule has 0 atom stereocenters. The largest absolute Gasteiger partial charge is 0.497 e. The first-order chi connectivity index (χ1) is 11.8. The highest BCUT2D eigenvalue weighted by Crippen LogP contribution is 2.25. The molecule has 0 aliphatic heterocycles. The minimum Gasteiger partial charge on any atom is -0.497 e. The lowest BCUT2D eigenvalue weighted by Crippen LogP contribution is -2.12. The summed E-state index contributed by atoms with van der Waals surface area (Å²) in [4.78, 5) is 13.6. The highest BCUT2D eigenvalue weighted by molar-refractivity contribution is 7.98. The second-order valence-electron chi connectivity index (χ2n) is 5.06. The first-order valence-electron chi connectivity index (χ1n) is 7.46. The van der Waals surface area contributed by atoms with E-state index in [0.717, 1.165) is 10.5 Å². The van der Waals surface area contributed by atoms with E-state index in [9.17, 15) is 4.79 Å². The first-order valence-corrected chi connectivity index (χ1v) is 8.44. The average molecular weight is 339 g/mol. The number of hydrogen-bond donors (Lipinski definition) is 1. The van der Waals surface area contributed by atoms with E-state index in [2.05, 4.69) is 5.32 Å². The van der Waals surface area contributed by atoms with E-state index in [4.69, 9.17) is 9.15 Å². The number of methoxy groups -OCH3 is 1. The van der Waals surface area contributed by atoms with Gasteiger partial charge in [-0.1, -0.05) is 24.3 Å². The third-order valence-corrected chi connectivity index (χ3v) is 4.48. The average Bonchev–Trinajstić information content (AvgIpc) is 3.10. The fourth-order valence-electron chi connectivity index (χ4n) is 2.22. The van der Waals surface area contributed by atoms with Gasteiger partial charge in [0.15, 0.2) is 5.76 Å². The number of furan rings is 1. The van der Waals surface area contributed by atoms with Crippen LogP contribution in [0.3, 0.4) is 0 Å². The number of carbonyl (C=O) groups excluding carboxylic acids is 1. The molecule has 0 radical (unpaired) electrons. The van der Waals surface area contributed by atoms with Gasteiger partial charge in [0.05, 0.1) is 13.4 Å². The van der Waals surface area contributed by atoms with E-state index in [-0.39, 0.29) is 5.91 Å². The minimum atomic E-state index is -0.267. The molecule has 0 saturated carbocycles. The summed E-state index contributed by atoms with van der Waals surface area (Å²) in [6, 6.07) is 19.1. The molecule has 1 aromatic heterocycles. The normalized spacial score (nSPS) is 10.4. The monoisotopic (exact) mass is 339 g/mol. The van der Waals surface area contributed by atoms with Crippen molar-refractivity contribution in [2.45, 2.75) is 10.6 Å². The number of hydrogen-bond acceptors (Lipinski definition) is 4. The highest BCUT2D eigenvalue weighted by atomic mass is 32.2. The molecule has 3 rings (SSSR count). The van der Waals surface area contributed by atoms with Gasteiger partial charge >= 0.3 is 0 Å². The van der Waals surface area contributed by atoms with Crippen molar-refractivity contribution in [1.29, 1.82) is 0 Å². The van der Waals surface area contributed by atoms with Crippen LogP contribution < -0.4 is 10.1 Å². The molecule has 122 valence electrons. The molecular formula is C19H17NO3S. The summed E-state index contributed by atoms with van der Waals surface area (Å²) in [5, 5.41) is 2.84. The van der Waals surface area contributed by atoms with Crippen LogP contribution in [0.2, 0.25) is 0 Å². The summed E-state index contributed by atoms with van der Waals surface area (Å²) < 4.78 is 10.5. The topological polar surface area (TPSA) is 51.5 Å². The second-order valence-corrected chi connectivity index (χ2v) is 6.11. The molecule has 0 fully saturated rings. The Morgan fingerprint density at radius 1 is 1.12 bits per heavy atom. The third-order valence-electron chi connectivity index (χ3n) is 3.42.